The summed E-state index contributed by atoms with van der Waals surface area (Å²) >= 11 is 0. The van der Waals surface area contributed by atoms with E-state index in [2.05, 4.69) is 0 Å². The number of para-hydroxylation sites is 2. The Labute approximate surface area is 134 Å². The molecule has 0 spiro atoms. The molecule has 1 N–H and O–H groups in total. The summed E-state index contributed by atoms with van der Waals surface area (Å²) in [4.78, 5) is 37.6. The number of amides is 2. The molecular weight excluding hydrogens is 300 g/mol. The molecular formula is C16H20N2O5. The van der Waals surface area contributed by atoms with E-state index in [1.165, 1.54) is 4.90 Å². The third-order valence-electron chi connectivity index (χ3n) is 3.67. The van der Waals surface area contributed by atoms with E-state index in [1.807, 2.05) is 12.1 Å². The number of hydrogen-bond acceptors (Lipinski definition) is 4. The van der Waals surface area contributed by atoms with Gasteiger partial charge in [0.25, 0.3) is 5.91 Å². The summed E-state index contributed by atoms with van der Waals surface area (Å²) in [6.07, 6.45) is 0.632. The maximum atomic E-state index is 12.1. The van der Waals surface area contributed by atoms with Crippen LogP contribution in [-0.4, -0.2) is 54.5 Å². The Morgan fingerprint density at radius 2 is 2.04 bits per heavy atom. The van der Waals surface area contributed by atoms with E-state index in [9.17, 15) is 14.4 Å². The topological polar surface area (TPSA) is 87.2 Å². The van der Waals surface area contributed by atoms with E-state index in [4.69, 9.17) is 9.84 Å². The number of carboxylic acid groups (broad SMARTS) is 1. The predicted molar refractivity (Wildman–Crippen MR) is 83.4 cm³/mol. The van der Waals surface area contributed by atoms with Gasteiger partial charge >= 0.3 is 5.97 Å². The van der Waals surface area contributed by atoms with Gasteiger partial charge < -0.3 is 19.6 Å². The Morgan fingerprint density at radius 1 is 1.30 bits per heavy atom. The van der Waals surface area contributed by atoms with Gasteiger partial charge in [0.15, 0.2) is 6.61 Å². The molecule has 2 rings (SSSR count). The van der Waals surface area contributed by atoms with Crippen LogP contribution in [0.15, 0.2) is 24.3 Å². The fraction of sp³-hybridized carbons (Fsp3) is 0.438. The van der Waals surface area contributed by atoms with E-state index < -0.39 is 5.97 Å². The molecule has 0 unspecified atom stereocenters. The van der Waals surface area contributed by atoms with Gasteiger partial charge in [-0.15, -0.1) is 0 Å². The molecule has 0 saturated heterocycles. The minimum Gasteiger partial charge on any atom is -0.482 e. The van der Waals surface area contributed by atoms with Gasteiger partial charge in [0.2, 0.25) is 5.91 Å². The van der Waals surface area contributed by atoms with Gasteiger partial charge in [0.05, 0.1) is 5.69 Å². The largest absolute Gasteiger partial charge is 0.482 e. The number of rotatable bonds is 7. The van der Waals surface area contributed by atoms with Crippen molar-refractivity contribution in [3.8, 4) is 5.75 Å². The lowest BCUT2D eigenvalue weighted by Crippen LogP contribution is -2.41. The monoisotopic (exact) mass is 320 g/mol. The zero-order valence-electron chi connectivity index (χ0n) is 13.0. The lowest BCUT2D eigenvalue weighted by atomic mass is 10.2. The predicted octanol–water partition coefficient (Wildman–Crippen LogP) is 1.13. The molecule has 0 aromatic heterocycles. The molecule has 1 heterocycles. The molecule has 0 aliphatic carbocycles. The van der Waals surface area contributed by atoms with Crippen LogP contribution in [0.25, 0.3) is 0 Å². The maximum absolute atomic E-state index is 12.1. The number of carbonyl (C=O) groups excluding carboxylic acids is 2. The van der Waals surface area contributed by atoms with Crippen molar-refractivity contribution in [2.75, 3.05) is 31.6 Å². The Bertz CT molecular complexity index is 602. The van der Waals surface area contributed by atoms with Crippen molar-refractivity contribution in [3.05, 3.63) is 24.3 Å². The van der Waals surface area contributed by atoms with Gasteiger partial charge in [-0.2, -0.15) is 0 Å². The van der Waals surface area contributed by atoms with Gasteiger partial charge in [0, 0.05) is 33.0 Å². The standard InChI is InChI=1S/C16H20N2O5/c1-17(9-4-7-16(21)22)14(19)8-10-18-12-5-2-3-6-13(12)23-11-15(18)20/h2-3,5-6H,4,7-11H2,1H3,(H,21,22). The van der Waals surface area contributed by atoms with E-state index >= 15 is 0 Å². The zero-order valence-corrected chi connectivity index (χ0v) is 13.0. The molecule has 0 fully saturated rings. The fourth-order valence-corrected chi connectivity index (χ4v) is 2.39. The number of fused-ring (bicyclic) bond motifs is 1. The van der Waals surface area contributed by atoms with Gasteiger partial charge in [-0.25, -0.2) is 0 Å². The molecule has 23 heavy (non-hydrogen) atoms. The summed E-state index contributed by atoms with van der Waals surface area (Å²) < 4.78 is 5.35. The van der Waals surface area contributed by atoms with Crippen molar-refractivity contribution >= 4 is 23.5 Å². The molecule has 1 aliphatic rings. The molecule has 124 valence electrons. The van der Waals surface area contributed by atoms with Crippen molar-refractivity contribution in [1.29, 1.82) is 0 Å². The van der Waals surface area contributed by atoms with Gasteiger partial charge in [0.1, 0.15) is 5.75 Å². The van der Waals surface area contributed by atoms with Crippen LogP contribution in [0, 0.1) is 0 Å². The Morgan fingerprint density at radius 3 is 2.78 bits per heavy atom. The van der Waals surface area contributed by atoms with Gasteiger partial charge in [-0.1, -0.05) is 12.1 Å². The highest BCUT2D eigenvalue weighted by Gasteiger charge is 2.25. The number of anilines is 1. The number of aliphatic carboxylic acids is 1. The second-order valence-electron chi connectivity index (χ2n) is 5.36. The minimum absolute atomic E-state index is 0.0281. The van der Waals surface area contributed by atoms with Crippen LogP contribution in [-0.2, 0) is 14.4 Å². The Kier molecular flexibility index (Phi) is 5.56. The SMILES string of the molecule is CN(CCCC(=O)O)C(=O)CCN1C(=O)COc2ccccc21. The Balaban J connectivity index is 1.88. The van der Waals surface area contributed by atoms with Crippen molar-refractivity contribution < 1.29 is 24.2 Å². The summed E-state index contributed by atoms with van der Waals surface area (Å²) in [7, 11) is 1.64. The maximum Gasteiger partial charge on any atom is 0.303 e. The van der Waals surface area contributed by atoms with Gasteiger partial charge in [-0.05, 0) is 18.6 Å². The number of hydrogen-bond donors (Lipinski definition) is 1. The summed E-state index contributed by atoms with van der Waals surface area (Å²) in [5, 5.41) is 8.60. The molecule has 2 amide bonds. The molecule has 1 aromatic carbocycles. The Hall–Kier alpha value is -2.57. The quantitative estimate of drug-likeness (QED) is 0.813. The average Bonchev–Trinajstić information content (AvgIpc) is 2.53. The summed E-state index contributed by atoms with van der Waals surface area (Å²) in [5.74, 6) is -0.534. The van der Waals surface area contributed by atoms with E-state index in [0.717, 1.165) is 0 Å². The summed E-state index contributed by atoms with van der Waals surface area (Å²) in [6, 6.07) is 7.21. The highest BCUT2D eigenvalue weighted by Crippen LogP contribution is 2.31. The smallest absolute Gasteiger partial charge is 0.303 e. The van der Waals surface area contributed by atoms with E-state index in [-0.39, 0.29) is 37.8 Å². The first kappa shape index (κ1) is 16.8. The molecule has 0 bridgehead atoms. The van der Waals surface area contributed by atoms with Crippen LogP contribution < -0.4 is 9.64 Å². The van der Waals surface area contributed by atoms with E-state index in [1.54, 1.807) is 24.1 Å². The van der Waals surface area contributed by atoms with Crippen LogP contribution in [0.3, 0.4) is 0 Å². The van der Waals surface area contributed by atoms with Crippen LogP contribution in [0.1, 0.15) is 19.3 Å². The zero-order chi connectivity index (χ0) is 16.8. The lowest BCUT2D eigenvalue weighted by molar-refractivity contribution is -0.138. The van der Waals surface area contributed by atoms with E-state index in [0.29, 0.717) is 24.4 Å². The molecule has 7 nitrogen and oxygen atoms in total. The molecule has 0 radical (unpaired) electrons. The highest BCUT2D eigenvalue weighted by molar-refractivity contribution is 5.98. The summed E-state index contributed by atoms with van der Waals surface area (Å²) in [5.41, 5.74) is 0.671. The molecule has 0 atom stereocenters. The summed E-state index contributed by atoms with van der Waals surface area (Å²) in [6.45, 7) is 0.639. The second-order valence-corrected chi connectivity index (χ2v) is 5.36. The highest BCUT2D eigenvalue weighted by atomic mass is 16.5. The number of carbonyl (C=O) groups is 3. The molecule has 1 aromatic rings. The van der Waals surface area contributed by atoms with Gasteiger partial charge in [-0.3, -0.25) is 14.4 Å². The number of benzene rings is 1. The number of ether oxygens (including phenoxy) is 1. The third kappa shape index (κ3) is 4.45. The molecule has 0 saturated carbocycles. The van der Waals surface area contributed by atoms with Crippen LogP contribution in [0.4, 0.5) is 5.69 Å². The lowest BCUT2D eigenvalue weighted by Gasteiger charge is -2.29. The third-order valence-corrected chi connectivity index (χ3v) is 3.67. The number of nitrogens with zero attached hydrogens (tertiary/aromatic N) is 2. The van der Waals surface area contributed by atoms with Crippen LogP contribution >= 0.6 is 0 Å². The first-order valence-corrected chi connectivity index (χ1v) is 7.47. The fourth-order valence-electron chi connectivity index (χ4n) is 2.39. The van der Waals surface area contributed by atoms with Crippen LogP contribution in [0.5, 0.6) is 5.75 Å². The first-order valence-electron chi connectivity index (χ1n) is 7.47. The molecule has 1 aliphatic heterocycles. The van der Waals surface area contributed by atoms with Crippen molar-refractivity contribution in [3.63, 3.8) is 0 Å². The van der Waals surface area contributed by atoms with Crippen molar-refractivity contribution in [2.45, 2.75) is 19.3 Å². The van der Waals surface area contributed by atoms with Crippen molar-refractivity contribution in [2.24, 2.45) is 0 Å². The normalized spacial score (nSPS) is 13.3. The van der Waals surface area contributed by atoms with Crippen molar-refractivity contribution in [1.82, 2.24) is 4.90 Å². The number of carboxylic acids is 1. The first-order chi connectivity index (χ1) is 11.0. The van der Waals surface area contributed by atoms with Crippen LogP contribution in [0.2, 0.25) is 0 Å². The second kappa shape index (κ2) is 7.62. The average molecular weight is 320 g/mol. The minimum atomic E-state index is -0.874. The molecule has 7 heteroatoms.